The highest BCUT2D eigenvalue weighted by Crippen LogP contribution is 2.29. The van der Waals surface area contributed by atoms with Crippen molar-refractivity contribution in [3.63, 3.8) is 0 Å². The van der Waals surface area contributed by atoms with Crippen LogP contribution in [0.2, 0.25) is 10.0 Å². The van der Waals surface area contributed by atoms with Gasteiger partial charge in [0.1, 0.15) is 12.6 Å². The average molecular weight is 746 g/mol. The van der Waals surface area contributed by atoms with E-state index in [1.54, 1.807) is 54.6 Å². The topological polar surface area (TPSA) is 86.8 Å². The van der Waals surface area contributed by atoms with Gasteiger partial charge in [0.05, 0.1) is 10.6 Å². The van der Waals surface area contributed by atoms with E-state index in [4.69, 9.17) is 23.2 Å². The van der Waals surface area contributed by atoms with Crippen molar-refractivity contribution in [2.24, 2.45) is 5.92 Å². The third kappa shape index (κ3) is 9.35. The Morgan fingerprint density at radius 3 is 2.22 bits per heavy atom. The van der Waals surface area contributed by atoms with Crippen LogP contribution in [0, 0.1) is 12.8 Å². The van der Waals surface area contributed by atoms with Crippen LogP contribution in [0.3, 0.4) is 0 Å². The zero-order valence-electron chi connectivity index (χ0n) is 25.8. The van der Waals surface area contributed by atoms with Crippen molar-refractivity contribution in [1.82, 2.24) is 10.2 Å². The molecule has 0 saturated carbocycles. The summed E-state index contributed by atoms with van der Waals surface area (Å²) in [5, 5.41) is 3.72. The number of anilines is 1. The average Bonchev–Trinajstić information content (AvgIpc) is 3.01. The summed E-state index contributed by atoms with van der Waals surface area (Å²) in [4.78, 5) is 29.9. The van der Waals surface area contributed by atoms with Crippen LogP contribution < -0.4 is 9.62 Å². The summed E-state index contributed by atoms with van der Waals surface area (Å²) >= 11 is 16.2. The molecule has 4 aromatic rings. The lowest BCUT2D eigenvalue weighted by atomic mass is 10.0. The fourth-order valence-electron chi connectivity index (χ4n) is 4.81. The van der Waals surface area contributed by atoms with Crippen LogP contribution in [-0.2, 0) is 32.6 Å². The molecule has 0 aromatic heterocycles. The molecule has 0 aliphatic carbocycles. The van der Waals surface area contributed by atoms with Crippen molar-refractivity contribution in [2.45, 2.75) is 44.7 Å². The zero-order chi connectivity index (χ0) is 33.4. The fourth-order valence-corrected chi connectivity index (χ4v) is 7.07. The molecule has 46 heavy (non-hydrogen) atoms. The Balaban J connectivity index is 1.82. The van der Waals surface area contributed by atoms with Gasteiger partial charge < -0.3 is 10.2 Å². The van der Waals surface area contributed by atoms with Gasteiger partial charge in [0.15, 0.2) is 0 Å². The van der Waals surface area contributed by atoms with Gasteiger partial charge in [-0.25, -0.2) is 8.42 Å². The number of halogens is 3. The van der Waals surface area contributed by atoms with E-state index < -0.39 is 28.5 Å². The third-order valence-corrected chi connectivity index (χ3v) is 10.2. The van der Waals surface area contributed by atoms with Crippen molar-refractivity contribution in [2.75, 3.05) is 17.4 Å². The Labute approximate surface area is 289 Å². The van der Waals surface area contributed by atoms with Gasteiger partial charge in [-0.2, -0.15) is 0 Å². The molecule has 0 bridgehead atoms. The minimum atomic E-state index is -4.21. The maximum absolute atomic E-state index is 14.6. The Morgan fingerprint density at radius 1 is 0.891 bits per heavy atom. The van der Waals surface area contributed by atoms with Crippen molar-refractivity contribution in [3.8, 4) is 0 Å². The Kier molecular flexibility index (Phi) is 12.3. The highest BCUT2D eigenvalue weighted by Gasteiger charge is 2.35. The molecule has 11 heteroatoms. The lowest BCUT2D eigenvalue weighted by Crippen LogP contribution is -2.53. The Hall–Kier alpha value is -3.37. The van der Waals surface area contributed by atoms with E-state index in [1.165, 1.54) is 17.0 Å². The zero-order valence-corrected chi connectivity index (χ0v) is 29.7. The largest absolute Gasteiger partial charge is 0.354 e. The van der Waals surface area contributed by atoms with Crippen LogP contribution in [0.4, 0.5) is 5.69 Å². The minimum Gasteiger partial charge on any atom is -0.354 e. The summed E-state index contributed by atoms with van der Waals surface area (Å²) in [5.74, 6) is -0.767. The van der Waals surface area contributed by atoms with Crippen molar-refractivity contribution >= 4 is 66.7 Å². The summed E-state index contributed by atoms with van der Waals surface area (Å²) in [6, 6.07) is 26.5. The molecule has 0 aliphatic rings. The number of rotatable bonds is 13. The molecule has 0 fully saturated rings. The van der Waals surface area contributed by atoms with E-state index in [0.29, 0.717) is 26.6 Å². The predicted molar refractivity (Wildman–Crippen MR) is 189 cm³/mol. The van der Waals surface area contributed by atoms with E-state index in [1.807, 2.05) is 51.1 Å². The number of benzene rings is 4. The minimum absolute atomic E-state index is 0.0358. The smallest absolute Gasteiger partial charge is 0.264 e. The number of nitrogens with zero attached hydrogens (tertiary/aromatic N) is 2. The molecule has 1 N–H and O–H groups in total. The lowest BCUT2D eigenvalue weighted by molar-refractivity contribution is -0.140. The van der Waals surface area contributed by atoms with Crippen LogP contribution in [0.15, 0.2) is 106 Å². The van der Waals surface area contributed by atoms with Gasteiger partial charge in [-0.15, -0.1) is 0 Å². The monoisotopic (exact) mass is 743 g/mol. The van der Waals surface area contributed by atoms with Gasteiger partial charge in [-0.05, 0) is 66.4 Å². The highest BCUT2D eigenvalue weighted by molar-refractivity contribution is 9.10. The van der Waals surface area contributed by atoms with Gasteiger partial charge in [-0.1, -0.05) is 113 Å². The van der Waals surface area contributed by atoms with Crippen LogP contribution in [-0.4, -0.2) is 44.3 Å². The summed E-state index contributed by atoms with van der Waals surface area (Å²) in [6.07, 6.45) is 0.198. The molecule has 0 heterocycles. The van der Waals surface area contributed by atoms with E-state index >= 15 is 0 Å². The van der Waals surface area contributed by atoms with Crippen LogP contribution >= 0.6 is 39.1 Å². The standard InChI is InChI=1S/C35H36BrCl2N3O4S/c1-24(2)21-39-35(43)33(18-26-8-5-4-6-9-26)40(22-27-14-15-29(37)20-32(27)38)34(42)23-41(30-11-7-10-28(36)19-30)46(44,45)31-16-12-25(3)13-17-31/h4-17,19-20,24,33H,18,21-23H2,1-3H3,(H,39,43). The van der Waals surface area contributed by atoms with E-state index in [0.717, 1.165) is 15.4 Å². The molecule has 0 radical (unpaired) electrons. The first-order valence-corrected chi connectivity index (χ1v) is 17.7. The van der Waals surface area contributed by atoms with Crippen molar-refractivity contribution in [1.29, 1.82) is 0 Å². The van der Waals surface area contributed by atoms with Crippen LogP contribution in [0.25, 0.3) is 0 Å². The second-order valence-corrected chi connectivity index (χ2v) is 15.0. The number of hydrogen-bond acceptors (Lipinski definition) is 4. The third-order valence-electron chi connectivity index (χ3n) is 7.30. The first-order chi connectivity index (χ1) is 21.8. The number of amides is 2. The summed E-state index contributed by atoms with van der Waals surface area (Å²) in [5.41, 5.74) is 2.58. The number of aryl methyl sites for hydroxylation is 1. The SMILES string of the molecule is Cc1ccc(S(=O)(=O)N(CC(=O)N(Cc2ccc(Cl)cc2Cl)C(Cc2ccccc2)C(=O)NCC(C)C)c2cccc(Br)c2)cc1. The lowest BCUT2D eigenvalue weighted by Gasteiger charge is -2.34. The molecule has 0 spiro atoms. The number of carbonyl (C=O) groups excluding carboxylic acids is 2. The Morgan fingerprint density at radius 2 is 1.59 bits per heavy atom. The maximum Gasteiger partial charge on any atom is 0.264 e. The van der Waals surface area contributed by atoms with Gasteiger partial charge in [-0.3, -0.25) is 13.9 Å². The number of nitrogens with one attached hydrogen (secondary N) is 1. The second-order valence-electron chi connectivity index (χ2n) is 11.4. The number of carbonyl (C=O) groups is 2. The molecule has 0 saturated heterocycles. The van der Waals surface area contributed by atoms with Gasteiger partial charge in [0.2, 0.25) is 11.8 Å². The highest BCUT2D eigenvalue weighted by atomic mass is 79.9. The predicted octanol–water partition coefficient (Wildman–Crippen LogP) is 7.67. The van der Waals surface area contributed by atoms with E-state index in [9.17, 15) is 18.0 Å². The van der Waals surface area contributed by atoms with Crippen LogP contribution in [0.1, 0.15) is 30.5 Å². The summed E-state index contributed by atoms with van der Waals surface area (Å²) in [6.45, 7) is 5.60. The van der Waals surface area contributed by atoms with Crippen LogP contribution in [0.5, 0.6) is 0 Å². The first kappa shape index (κ1) is 35.5. The normalized spacial score (nSPS) is 12.1. The Bertz CT molecular complexity index is 1770. The van der Waals surface area contributed by atoms with Gasteiger partial charge in [0, 0.05) is 34.0 Å². The van der Waals surface area contributed by atoms with E-state index in [2.05, 4.69) is 21.2 Å². The van der Waals surface area contributed by atoms with Crippen molar-refractivity contribution in [3.05, 3.63) is 128 Å². The molecule has 7 nitrogen and oxygen atoms in total. The van der Waals surface area contributed by atoms with Gasteiger partial charge >= 0.3 is 0 Å². The molecule has 2 amide bonds. The number of hydrogen-bond donors (Lipinski definition) is 1. The maximum atomic E-state index is 14.6. The quantitative estimate of drug-likeness (QED) is 0.152. The molecule has 1 unspecified atom stereocenters. The molecular formula is C35H36BrCl2N3O4S. The first-order valence-electron chi connectivity index (χ1n) is 14.7. The molecule has 4 rings (SSSR count). The molecule has 4 aromatic carbocycles. The summed E-state index contributed by atoms with van der Waals surface area (Å²) in [7, 11) is -4.21. The number of sulfonamides is 1. The van der Waals surface area contributed by atoms with E-state index in [-0.39, 0.29) is 35.4 Å². The fraction of sp³-hybridized carbons (Fsp3) is 0.257. The molecular weight excluding hydrogens is 709 g/mol. The molecule has 0 aliphatic heterocycles. The second kappa shape index (κ2) is 16.0. The van der Waals surface area contributed by atoms with Crippen molar-refractivity contribution < 1.29 is 18.0 Å². The summed E-state index contributed by atoms with van der Waals surface area (Å²) < 4.78 is 30.0. The van der Waals surface area contributed by atoms with Gasteiger partial charge in [0.25, 0.3) is 10.0 Å². The molecule has 1 atom stereocenters. The molecule has 242 valence electrons.